The zero-order chi connectivity index (χ0) is 14.4. The number of nitrogens with two attached hydrogens (primary N) is 1. The standard InChI is InChI=1S/C14H26N6/c1-3-11(4-2)10-16-13-17-12(15)18-14(19-13)20-8-6-5-7-9-20/h11H,3-10H2,1-2H3,(H3,15,16,17,18,19). The minimum absolute atomic E-state index is 0.299. The number of piperidine rings is 1. The van der Waals surface area contributed by atoms with Crippen molar-refractivity contribution in [3.8, 4) is 0 Å². The Morgan fingerprint density at radius 2 is 1.80 bits per heavy atom. The third-order valence-electron chi connectivity index (χ3n) is 3.98. The van der Waals surface area contributed by atoms with Crippen LogP contribution in [0.4, 0.5) is 17.8 Å². The molecule has 0 spiro atoms. The Morgan fingerprint density at radius 1 is 1.10 bits per heavy atom. The highest BCUT2D eigenvalue weighted by Gasteiger charge is 2.15. The summed E-state index contributed by atoms with van der Waals surface area (Å²) in [4.78, 5) is 15.2. The number of anilines is 3. The van der Waals surface area contributed by atoms with E-state index >= 15 is 0 Å². The van der Waals surface area contributed by atoms with Gasteiger partial charge in [-0.15, -0.1) is 0 Å². The van der Waals surface area contributed by atoms with Crippen LogP contribution in [-0.2, 0) is 0 Å². The van der Waals surface area contributed by atoms with Gasteiger partial charge in [0, 0.05) is 19.6 Å². The molecule has 6 heteroatoms. The van der Waals surface area contributed by atoms with Crippen LogP contribution in [0.3, 0.4) is 0 Å². The first-order valence-corrected chi connectivity index (χ1v) is 7.73. The van der Waals surface area contributed by atoms with Crippen molar-refractivity contribution in [2.24, 2.45) is 5.92 Å². The number of hydrogen-bond donors (Lipinski definition) is 2. The van der Waals surface area contributed by atoms with Gasteiger partial charge in [-0.1, -0.05) is 26.7 Å². The Morgan fingerprint density at radius 3 is 2.45 bits per heavy atom. The van der Waals surface area contributed by atoms with E-state index in [9.17, 15) is 0 Å². The van der Waals surface area contributed by atoms with E-state index in [0.717, 1.165) is 32.5 Å². The summed E-state index contributed by atoms with van der Waals surface area (Å²) in [6, 6.07) is 0. The van der Waals surface area contributed by atoms with Crippen molar-refractivity contribution < 1.29 is 0 Å². The molecule has 0 bridgehead atoms. The number of nitrogens with one attached hydrogen (secondary N) is 1. The molecule has 0 saturated carbocycles. The van der Waals surface area contributed by atoms with Gasteiger partial charge < -0.3 is 16.0 Å². The first-order valence-electron chi connectivity index (χ1n) is 7.73. The molecule has 0 aromatic carbocycles. The second-order valence-electron chi connectivity index (χ2n) is 5.43. The summed E-state index contributed by atoms with van der Waals surface area (Å²) in [7, 11) is 0. The van der Waals surface area contributed by atoms with Crippen molar-refractivity contribution in [2.45, 2.75) is 46.0 Å². The lowest BCUT2D eigenvalue weighted by molar-refractivity contribution is 0.517. The fourth-order valence-electron chi connectivity index (χ4n) is 2.51. The molecule has 0 aliphatic carbocycles. The topological polar surface area (TPSA) is 80.0 Å². The second kappa shape index (κ2) is 7.26. The maximum absolute atomic E-state index is 5.81. The van der Waals surface area contributed by atoms with Gasteiger partial charge in [-0.25, -0.2) is 0 Å². The van der Waals surface area contributed by atoms with Gasteiger partial charge in [0.1, 0.15) is 0 Å². The molecule has 1 saturated heterocycles. The van der Waals surface area contributed by atoms with Gasteiger partial charge in [-0.05, 0) is 25.2 Å². The van der Waals surface area contributed by atoms with Gasteiger partial charge in [-0.2, -0.15) is 15.0 Å². The van der Waals surface area contributed by atoms with Gasteiger partial charge in [0.05, 0.1) is 0 Å². The van der Waals surface area contributed by atoms with E-state index < -0.39 is 0 Å². The van der Waals surface area contributed by atoms with Crippen LogP contribution in [0.25, 0.3) is 0 Å². The Kier molecular flexibility index (Phi) is 5.38. The van der Waals surface area contributed by atoms with E-state index in [0.29, 0.717) is 23.8 Å². The first-order chi connectivity index (χ1) is 9.72. The van der Waals surface area contributed by atoms with Crippen LogP contribution in [0.15, 0.2) is 0 Å². The molecule has 6 nitrogen and oxygen atoms in total. The molecule has 2 rings (SSSR count). The molecule has 1 aromatic rings. The summed E-state index contributed by atoms with van der Waals surface area (Å²) in [6.45, 7) is 7.31. The van der Waals surface area contributed by atoms with E-state index in [-0.39, 0.29) is 0 Å². The van der Waals surface area contributed by atoms with E-state index in [1.165, 1.54) is 19.3 Å². The lowest BCUT2D eigenvalue weighted by Crippen LogP contribution is -2.31. The normalized spacial score (nSPS) is 15.7. The van der Waals surface area contributed by atoms with Crippen molar-refractivity contribution in [2.75, 3.05) is 35.6 Å². The average Bonchev–Trinajstić information content (AvgIpc) is 2.49. The van der Waals surface area contributed by atoms with Crippen molar-refractivity contribution in [3.63, 3.8) is 0 Å². The van der Waals surface area contributed by atoms with Crippen molar-refractivity contribution in [1.29, 1.82) is 0 Å². The molecule has 2 heterocycles. The van der Waals surface area contributed by atoms with Gasteiger partial charge >= 0.3 is 0 Å². The number of rotatable bonds is 6. The number of hydrogen-bond acceptors (Lipinski definition) is 6. The molecule has 0 radical (unpaired) electrons. The molecule has 1 aliphatic rings. The van der Waals surface area contributed by atoms with Crippen LogP contribution in [0.2, 0.25) is 0 Å². The molecular formula is C14H26N6. The monoisotopic (exact) mass is 278 g/mol. The number of nitrogens with zero attached hydrogens (tertiary/aromatic N) is 4. The van der Waals surface area contributed by atoms with Crippen LogP contribution in [0, 0.1) is 5.92 Å². The van der Waals surface area contributed by atoms with Gasteiger partial charge in [-0.3, -0.25) is 0 Å². The zero-order valence-corrected chi connectivity index (χ0v) is 12.6. The van der Waals surface area contributed by atoms with Crippen molar-refractivity contribution in [1.82, 2.24) is 15.0 Å². The predicted octanol–water partition coefficient (Wildman–Crippen LogP) is 2.29. The summed E-state index contributed by atoms with van der Waals surface area (Å²) >= 11 is 0. The second-order valence-corrected chi connectivity index (χ2v) is 5.43. The van der Waals surface area contributed by atoms with E-state index in [4.69, 9.17) is 5.73 Å². The van der Waals surface area contributed by atoms with Gasteiger partial charge in [0.15, 0.2) is 0 Å². The summed E-state index contributed by atoms with van der Waals surface area (Å²) in [5, 5.41) is 3.30. The lowest BCUT2D eigenvalue weighted by atomic mass is 10.0. The van der Waals surface area contributed by atoms with E-state index in [1.54, 1.807) is 0 Å². The zero-order valence-electron chi connectivity index (χ0n) is 12.6. The Balaban J connectivity index is 2.03. The lowest BCUT2D eigenvalue weighted by Gasteiger charge is -2.26. The predicted molar refractivity (Wildman–Crippen MR) is 82.9 cm³/mol. The molecule has 0 amide bonds. The highest BCUT2D eigenvalue weighted by atomic mass is 15.3. The molecule has 3 N–H and O–H groups in total. The minimum Gasteiger partial charge on any atom is -0.368 e. The smallest absolute Gasteiger partial charge is 0.231 e. The quantitative estimate of drug-likeness (QED) is 0.831. The average molecular weight is 278 g/mol. The van der Waals surface area contributed by atoms with Crippen LogP contribution in [0.5, 0.6) is 0 Å². The maximum Gasteiger partial charge on any atom is 0.231 e. The minimum atomic E-state index is 0.299. The van der Waals surface area contributed by atoms with Crippen LogP contribution in [-0.4, -0.2) is 34.6 Å². The third-order valence-corrected chi connectivity index (χ3v) is 3.98. The van der Waals surface area contributed by atoms with Crippen LogP contribution in [0.1, 0.15) is 46.0 Å². The van der Waals surface area contributed by atoms with Crippen molar-refractivity contribution in [3.05, 3.63) is 0 Å². The number of nitrogen functional groups attached to an aromatic ring is 1. The summed E-state index contributed by atoms with van der Waals surface area (Å²) in [6.07, 6.45) is 5.99. The Labute approximate surface area is 121 Å². The largest absolute Gasteiger partial charge is 0.368 e. The third kappa shape index (κ3) is 3.95. The summed E-state index contributed by atoms with van der Waals surface area (Å²) in [5.41, 5.74) is 5.81. The molecule has 1 fully saturated rings. The van der Waals surface area contributed by atoms with Gasteiger partial charge in [0.25, 0.3) is 0 Å². The molecule has 1 aliphatic heterocycles. The van der Waals surface area contributed by atoms with Crippen LogP contribution < -0.4 is 16.0 Å². The molecular weight excluding hydrogens is 252 g/mol. The molecule has 20 heavy (non-hydrogen) atoms. The highest BCUT2D eigenvalue weighted by molar-refractivity contribution is 5.42. The summed E-state index contributed by atoms with van der Waals surface area (Å²) in [5.74, 6) is 2.26. The maximum atomic E-state index is 5.81. The fourth-order valence-corrected chi connectivity index (χ4v) is 2.51. The first kappa shape index (κ1) is 14.8. The molecule has 0 atom stereocenters. The van der Waals surface area contributed by atoms with Crippen LogP contribution >= 0.6 is 0 Å². The highest BCUT2D eigenvalue weighted by Crippen LogP contribution is 2.18. The molecule has 1 aromatic heterocycles. The molecule has 112 valence electrons. The fraction of sp³-hybridized carbons (Fsp3) is 0.786. The van der Waals surface area contributed by atoms with E-state index in [2.05, 4.69) is 39.0 Å². The Bertz CT molecular complexity index is 412. The Hall–Kier alpha value is -1.59. The summed E-state index contributed by atoms with van der Waals surface area (Å²) < 4.78 is 0. The van der Waals surface area contributed by atoms with Crippen molar-refractivity contribution >= 4 is 17.8 Å². The molecule has 0 unspecified atom stereocenters. The van der Waals surface area contributed by atoms with Gasteiger partial charge in [0.2, 0.25) is 17.8 Å². The SMILES string of the molecule is CCC(CC)CNc1nc(N)nc(N2CCCCC2)n1. The number of aromatic nitrogens is 3. The van der Waals surface area contributed by atoms with E-state index in [1.807, 2.05) is 0 Å².